The summed E-state index contributed by atoms with van der Waals surface area (Å²) in [5.41, 5.74) is 1.07. The largest absolute Gasteiger partial charge is 0.348 e. The number of H-pyrrole nitrogens is 1. The summed E-state index contributed by atoms with van der Waals surface area (Å²) < 4.78 is 0. The molecule has 1 aromatic rings. The number of imidazole rings is 1. The van der Waals surface area contributed by atoms with Gasteiger partial charge in [0.05, 0.1) is 5.69 Å². The summed E-state index contributed by atoms with van der Waals surface area (Å²) in [6.45, 7) is 4.06. The Morgan fingerprint density at radius 3 is 2.56 bits per heavy atom. The number of rotatable bonds is 1. The van der Waals surface area contributed by atoms with Crippen molar-refractivity contribution >= 4 is 12.4 Å². The summed E-state index contributed by atoms with van der Waals surface area (Å²) in [7, 11) is 0. The first kappa shape index (κ1) is 8.50. The Bertz CT molecular complexity index is 171. The van der Waals surface area contributed by atoms with Crippen LogP contribution in [-0.4, -0.2) is 9.97 Å². The number of aryl methyl sites for hydroxylation is 2. The Kier molecular flexibility index (Phi) is 3.32. The number of hydrogen-bond acceptors (Lipinski definition) is 1. The van der Waals surface area contributed by atoms with Crippen LogP contribution in [0.5, 0.6) is 0 Å². The van der Waals surface area contributed by atoms with E-state index in [9.17, 15) is 0 Å². The van der Waals surface area contributed by atoms with E-state index < -0.39 is 0 Å². The molecule has 0 aliphatic heterocycles. The number of nitrogens with zero attached hydrogens (tertiary/aromatic N) is 1. The Hall–Kier alpha value is -0.500. The highest BCUT2D eigenvalue weighted by atomic mass is 35.5. The summed E-state index contributed by atoms with van der Waals surface area (Å²) in [5.74, 6) is 1.07. The number of aromatic amines is 1. The fourth-order valence-electron chi connectivity index (χ4n) is 0.646. The van der Waals surface area contributed by atoms with E-state index in [0.29, 0.717) is 0 Å². The molecular weight excluding hydrogens is 136 g/mol. The molecule has 0 unspecified atom stereocenters. The highest BCUT2D eigenvalue weighted by Gasteiger charge is 1.89. The minimum Gasteiger partial charge on any atom is -0.348 e. The Morgan fingerprint density at radius 1 is 1.67 bits per heavy atom. The van der Waals surface area contributed by atoms with Crippen LogP contribution in [0, 0.1) is 6.92 Å². The molecule has 1 rings (SSSR count). The molecule has 0 aliphatic rings. The van der Waals surface area contributed by atoms with Crippen LogP contribution < -0.4 is 0 Å². The Balaban J connectivity index is 0.000000640. The van der Waals surface area contributed by atoms with Crippen LogP contribution in [0.1, 0.15) is 18.4 Å². The second-order valence-electron chi connectivity index (χ2n) is 1.84. The van der Waals surface area contributed by atoms with Crippen molar-refractivity contribution < 1.29 is 0 Å². The molecule has 0 spiro atoms. The third kappa shape index (κ3) is 2.06. The lowest BCUT2D eigenvalue weighted by molar-refractivity contribution is 0.982. The summed E-state index contributed by atoms with van der Waals surface area (Å²) in [4.78, 5) is 7.22. The van der Waals surface area contributed by atoms with E-state index in [1.807, 2.05) is 13.1 Å². The maximum atomic E-state index is 4.17. The third-order valence-corrected chi connectivity index (χ3v) is 1.09. The van der Waals surface area contributed by atoms with Crippen molar-refractivity contribution in [3.8, 4) is 0 Å². The smallest absolute Gasteiger partial charge is 0.106 e. The molecule has 0 fully saturated rings. The van der Waals surface area contributed by atoms with E-state index in [2.05, 4.69) is 16.9 Å². The number of halogens is 1. The number of nitrogens with one attached hydrogen (secondary N) is 1. The lowest BCUT2D eigenvalue weighted by atomic mass is 10.5. The van der Waals surface area contributed by atoms with Crippen LogP contribution >= 0.6 is 12.4 Å². The van der Waals surface area contributed by atoms with Crippen LogP contribution in [0.15, 0.2) is 6.20 Å². The molecule has 0 saturated heterocycles. The average Bonchev–Trinajstić information content (AvgIpc) is 2.14. The van der Waals surface area contributed by atoms with Crippen LogP contribution in [0.2, 0.25) is 0 Å². The molecule has 0 aliphatic carbocycles. The van der Waals surface area contributed by atoms with Crippen molar-refractivity contribution in [2.24, 2.45) is 0 Å². The van der Waals surface area contributed by atoms with Gasteiger partial charge in [0.15, 0.2) is 0 Å². The zero-order valence-electron chi connectivity index (χ0n) is 5.64. The fraction of sp³-hybridized carbons (Fsp3) is 0.500. The van der Waals surface area contributed by atoms with E-state index in [1.54, 1.807) is 0 Å². The van der Waals surface area contributed by atoms with Gasteiger partial charge in [0.2, 0.25) is 0 Å². The maximum absolute atomic E-state index is 4.17. The normalized spacial score (nSPS) is 8.67. The van der Waals surface area contributed by atoms with Crippen molar-refractivity contribution in [3.63, 3.8) is 0 Å². The van der Waals surface area contributed by atoms with Gasteiger partial charge in [0, 0.05) is 12.6 Å². The predicted molar refractivity (Wildman–Crippen MR) is 40.0 cm³/mol. The Morgan fingerprint density at radius 2 is 2.33 bits per heavy atom. The molecule has 1 heterocycles. The number of hydrogen-bond donors (Lipinski definition) is 1. The van der Waals surface area contributed by atoms with E-state index in [0.717, 1.165) is 17.9 Å². The van der Waals surface area contributed by atoms with Gasteiger partial charge >= 0.3 is 0 Å². The minimum absolute atomic E-state index is 0. The molecule has 2 nitrogen and oxygen atoms in total. The van der Waals surface area contributed by atoms with Crippen LogP contribution in [0.3, 0.4) is 0 Å². The lowest BCUT2D eigenvalue weighted by Gasteiger charge is -1.80. The highest BCUT2D eigenvalue weighted by Crippen LogP contribution is 1.93. The predicted octanol–water partition coefficient (Wildman–Crippen LogP) is 1.70. The van der Waals surface area contributed by atoms with Crippen molar-refractivity contribution in [1.82, 2.24) is 9.97 Å². The van der Waals surface area contributed by atoms with Crippen molar-refractivity contribution in [2.75, 3.05) is 0 Å². The summed E-state index contributed by atoms with van der Waals surface area (Å²) in [6, 6.07) is 0. The maximum Gasteiger partial charge on any atom is 0.106 e. The molecule has 1 aromatic heterocycles. The molecule has 0 amide bonds. The summed E-state index contributed by atoms with van der Waals surface area (Å²) in [6.07, 6.45) is 2.91. The third-order valence-electron chi connectivity index (χ3n) is 1.09. The molecule has 0 bridgehead atoms. The van der Waals surface area contributed by atoms with E-state index in [4.69, 9.17) is 0 Å². The molecule has 9 heavy (non-hydrogen) atoms. The van der Waals surface area contributed by atoms with Gasteiger partial charge in [-0.05, 0) is 6.92 Å². The SMILES string of the molecule is CCc1nc(C)c[nH]1.Cl. The molecule has 0 atom stereocenters. The zero-order valence-corrected chi connectivity index (χ0v) is 6.46. The monoisotopic (exact) mass is 146 g/mol. The van der Waals surface area contributed by atoms with Gasteiger partial charge < -0.3 is 4.98 Å². The lowest BCUT2D eigenvalue weighted by Crippen LogP contribution is -1.80. The molecule has 52 valence electrons. The topological polar surface area (TPSA) is 28.7 Å². The first-order chi connectivity index (χ1) is 3.83. The second-order valence-corrected chi connectivity index (χ2v) is 1.84. The molecular formula is C6H11ClN2. The second kappa shape index (κ2) is 3.51. The van der Waals surface area contributed by atoms with Crippen molar-refractivity contribution in [1.29, 1.82) is 0 Å². The van der Waals surface area contributed by atoms with Crippen molar-refractivity contribution in [3.05, 3.63) is 17.7 Å². The molecule has 1 N–H and O–H groups in total. The van der Waals surface area contributed by atoms with Crippen LogP contribution in [0.25, 0.3) is 0 Å². The van der Waals surface area contributed by atoms with Gasteiger partial charge in [-0.1, -0.05) is 6.92 Å². The van der Waals surface area contributed by atoms with Gasteiger partial charge in [-0.25, -0.2) is 4.98 Å². The fourth-order valence-corrected chi connectivity index (χ4v) is 0.646. The molecule has 0 radical (unpaired) electrons. The van der Waals surface area contributed by atoms with Crippen LogP contribution in [0.4, 0.5) is 0 Å². The van der Waals surface area contributed by atoms with Crippen molar-refractivity contribution in [2.45, 2.75) is 20.3 Å². The highest BCUT2D eigenvalue weighted by molar-refractivity contribution is 5.85. The first-order valence-corrected chi connectivity index (χ1v) is 2.84. The standard InChI is InChI=1S/C6H10N2.ClH/c1-3-6-7-4-5(2)8-6;/h4H,3H2,1-2H3,(H,7,8);1H. The van der Waals surface area contributed by atoms with Gasteiger partial charge in [-0.2, -0.15) is 0 Å². The minimum atomic E-state index is 0. The zero-order chi connectivity index (χ0) is 5.98. The molecule has 3 heteroatoms. The average molecular weight is 147 g/mol. The Labute approximate surface area is 61.1 Å². The summed E-state index contributed by atoms with van der Waals surface area (Å²) in [5, 5.41) is 0. The van der Waals surface area contributed by atoms with Gasteiger partial charge in [-0.3, -0.25) is 0 Å². The van der Waals surface area contributed by atoms with Gasteiger partial charge in [0.25, 0.3) is 0 Å². The summed E-state index contributed by atoms with van der Waals surface area (Å²) >= 11 is 0. The first-order valence-electron chi connectivity index (χ1n) is 2.84. The van der Waals surface area contributed by atoms with Gasteiger partial charge in [0.1, 0.15) is 5.82 Å². The van der Waals surface area contributed by atoms with Crippen LogP contribution in [-0.2, 0) is 6.42 Å². The van der Waals surface area contributed by atoms with E-state index >= 15 is 0 Å². The van der Waals surface area contributed by atoms with Gasteiger partial charge in [-0.15, -0.1) is 12.4 Å². The molecule has 0 aromatic carbocycles. The molecule has 0 saturated carbocycles. The number of aromatic nitrogens is 2. The van der Waals surface area contributed by atoms with E-state index in [1.165, 1.54) is 0 Å². The van der Waals surface area contributed by atoms with E-state index in [-0.39, 0.29) is 12.4 Å². The quantitative estimate of drug-likeness (QED) is 0.642.